The summed E-state index contributed by atoms with van der Waals surface area (Å²) in [5.41, 5.74) is 2.01. The molecule has 1 unspecified atom stereocenters. The second-order valence-electron chi connectivity index (χ2n) is 6.02. The quantitative estimate of drug-likeness (QED) is 0.552. The third-order valence-electron chi connectivity index (χ3n) is 4.13. The van der Waals surface area contributed by atoms with Crippen molar-refractivity contribution in [2.75, 3.05) is 19.6 Å². The van der Waals surface area contributed by atoms with Crippen LogP contribution in [0.4, 0.5) is 8.78 Å². The SMILES string of the molecule is Cl.O=C(NCC1=CCNCC1)C(Sc1ccc(F)c(F)c1)c1ccccc1. The largest absolute Gasteiger partial charge is 0.351 e. The Balaban J connectivity index is 0.00000261. The normalized spacial score (nSPS) is 14.7. The van der Waals surface area contributed by atoms with Crippen molar-refractivity contribution in [2.45, 2.75) is 16.6 Å². The van der Waals surface area contributed by atoms with Gasteiger partial charge in [-0.1, -0.05) is 42.0 Å². The first-order chi connectivity index (χ1) is 12.6. The maximum Gasteiger partial charge on any atom is 0.238 e. The highest BCUT2D eigenvalue weighted by Gasteiger charge is 2.22. The lowest BCUT2D eigenvalue weighted by Crippen LogP contribution is -2.32. The highest BCUT2D eigenvalue weighted by molar-refractivity contribution is 8.00. The second kappa shape index (κ2) is 10.4. The summed E-state index contributed by atoms with van der Waals surface area (Å²) >= 11 is 1.21. The van der Waals surface area contributed by atoms with Gasteiger partial charge in [-0.15, -0.1) is 24.2 Å². The molecular weight excluding hydrogens is 390 g/mol. The molecule has 0 aromatic heterocycles. The van der Waals surface area contributed by atoms with Gasteiger partial charge in [0.05, 0.1) is 0 Å². The van der Waals surface area contributed by atoms with Crippen LogP contribution in [0.1, 0.15) is 17.2 Å². The van der Waals surface area contributed by atoms with E-state index in [-0.39, 0.29) is 18.3 Å². The third-order valence-corrected chi connectivity index (χ3v) is 5.38. The molecule has 1 atom stereocenters. The molecule has 2 aromatic rings. The minimum absolute atomic E-state index is 0. The molecule has 0 saturated heterocycles. The molecule has 3 nitrogen and oxygen atoms in total. The van der Waals surface area contributed by atoms with Crippen molar-refractivity contribution < 1.29 is 13.6 Å². The monoisotopic (exact) mass is 410 g/mol. The van der Waals surface area contributed by atoms with E-state index in [4.69, 9.17) is 0 Å². The number of nitrogens with one attached hydrogen (secondary N) is 2. The Morgan fingerprint density at radius 3 is 2.59 bits per heavy atom. The van der Waals surface area contributed by atoms with Crippen molar-refractivity contribution in [3.63, 3.8) is 0 Å². The summed E-state index contributed by atoms with van der Waals surface area (Å²) in [6.07, 6.45) is 3.00. The van der Waals surface area contributed by atoms with Crippen LogP contribution in [0.25, 0.3) is 0 Å². The number of halogens is 3. The minimum atomic E-state index is -0.915. The molecule has 0 saturated carbocycles. The van der Waals surface area contributed by atoms with E-state index < -0.39 is 16.9 Å². The van der Waals surface area contributed by atoms with E-state index in [2.05, 4.69) is 16.7 Å². The summed E-state index contributed by atoms with van der Waals surface area (Å²) < 4.78 is 26.7. The molecule has 1 amide bonds. The van der Waals surface area contributed by atoms with E-state index in [9.17, 15) is 13.6 Å². The molecule has 0 spiro atoms. The van der Waals surface area contributed by atoms with Gasteiger partial charge in [0.15, 0.2) is 11.6 Å². The molecule has 0 fully saturated rings. The molecule has 2 aromatic carbocycles. The van der Waals surface area contributed by atoms with Gasteiger partial charge in [-0.25, -0.2) is 8.78 Å². The van der Waals surface area contributed by atoms with Crippen LogP contribution in [0, 0.1) is 11.6 Å². The van der Waals surface area contributed by atoms with Crippen molar-refractivity contribution >= 4 is 30.1 Å². The van der Waals surface area contributed by atoms with Gasteiger partial charge < -0.3 is 10.6 Å². The first-order valence-corrected chi connectivity index (χ1v) is 9.34. The average Bonchev–Trinajstić information content (AvgIpc) is 2.68. The summed E-state index contributed by atoms with van der Waals surface area (Å²) in [7, 11) is 0. The molecule has 27 heavy (non-hydrogen) atoms. The number of hydrogen-bond donors (Lipinski definition) is 2. The van der Waals surface area contributed by atoms with Crippen molar-refractivity contribution in [2.24, 2.45) is 0 Å². The Labute approximate surface area is 168 Å². The lowest BCUT2D eigenvalue weighted by Gasteiger charge is -2.19. The average molecular weight is 411 g/mol. The number of thioether (sulfide) groups is 1. The smallest absolute Gasteiger partial charge is 0.238 e. The molecule has 1 heterocycles. The summed E-state index contributed by atoms with van der Waals surface area (Å²) in [5, 5.41) is 5.67. The Kier molecular flexibility index (Phi) is 8.28. The maximum absolute atomic E-state index is 13.5. The van der Waals surface area contributed by atoms with Crippen LogP contribution in [-0.2, 0) is 4.79 Å². The number of carbonyl (C=O) groups is 1. The van der Waals surface area contributed by atoms with Crippen molar-refractivity contribution in [3.8, 4) is 0 Å². The zero-order valence-electron chi connectivity index (χ0n) is 14.6. The van der Waals surface area contributed by atoms with Gasteiger partial charge in [0.2, 0.25) is 5.91 Å². The van der Waals surface area contributed by atoms with Crippen molar-refractivity contribution in [3.05, 3.63) is 77.4 Å². The Bertz CT molecular complexity index is 802. The molecule has 0 aliphatic carbocycles. The highest BCUT2D eigenvalue weighted by Crippen LogP contribution is 2.36. The van der Waals surface area contributed by atoms with Crippen LogP contribution < -0.4 is 10.6 Å². The molecule has 144 valence electrons. The van der Waals surface area contributed by atoms with Crippen molar-refractivity contribution in [1.82, 2.24) is 10.6 Å². The first kappa shape index (κ1) is 21.4. The lowest BCUT2D eigenvalue weighted by atomic mass is 10.1. The van der Waals surface area contributed by atoms with Gasteiger partial charge in [-0.05, 0) is 36.7 Å². The van der Waals surface area contributed by atoms with Gasteiger partial charge in [0, 0.05) is 18.0 Å². The number of benzene rings is 2. The number of rotatable bonds is 6. The van der Waals surface area contributed by atoms with Crippen LogP contribution in [0.15, 0.2) is 65.1 Å². The third kappa shape index (κ3) is 6.06. The minimum Gasteiger partial charge on any atom is -0.351 e. The zero-order valence-corrected chi connectivity index (χ0v) is 16.2. The van der Waals surface area contributed by atoms with E-state index >= 15 is 0 Å². The van der Waals surface area contributed by atoms with Gasteiger partial charge in [0.1, 0.15) is 5.25 Å². The topological polar surface area (TPSA) is 41.1 Å². The Morgan fingerprint density at radius 1 is 1.15 bits per heavy atom. The van der Waals surface area contributed by atoms with Gasteiger partial charge in [0.25, 0.3) is 0 Å². The molecule has 0 bridgehead atoms. The Hall–Kier alpha value is -1.89. The van der Waals surface area contributed by atoms with Crippen LogP contribution in [0.5, 0.6) is 0 Å². The maximum atomic E-state index is 13.5. The molecular formula is C20H21ClF2N2OS. The van der Waals surface area contributed by atoms with Gasteiger partial charge in [-0.3, -0.25) is 4.79 Å². The summed E-state index contributed by atoms with van der Waals surface area (Å²) in [6, 6.07) is 13.0. The first-order valence-electron chi connectivity index (χ1n) is 8.46. The predicted molar refractivity (Wildman–Crippen MR) is 107 cm³/mol. The summed E-state index contributed by atoms with van der Waals surface area (Å²) in [6.45, 7) is 2.23. The van der Waals surface area contributed by atoms with Crippen LogP contribution in [-0.4, -0.2) is 25.5 Å². The fraction of sp³-hybridized carbons (Fsp3) is 0.250. The van der Waals surface area contributed by atoms with E-state index in [1.807, 2.05) is 30.3 Å². The molecule has 2 N–H and O–H groups in total. The second-order valence-corrected chi connectivity index (χ2v) is 7.20. The zero-order chi connectivity index (χ0) is 18.4. The number of amides is 1. The fourth-order valence-corrected chi connectivity index (χ4v) is 3.78. The number of carbonyl (C=O) groups excluding carboxylic acids is 1. The van der Waals surface area contributed by atoms with E-state index in [1.54, 1.807) is 0 Å². The molecule has 3 rings (SSSR count). The fourth-order valence-electron chi connectivity index (χ4n) is 2.71. The van der Waals surface area contributed by atoms with E-state index in [0.717, 1.165) is 37.2 Å². The van der Waals surface area contributed by atoms with Gasteiger partial charge >= 0.3 is 0 Å². The highest BCUT2D eigenvalue weighted by atomic mass is 35.5. The molecule has 1 aliphatic rings. The van der Waals surface area contributed by atoms with E-state index in [0.29, 0.717) is 11.4 Å². The standard InChI is InChI=1S/C20H20F2N2OS.ClH/c21-17-7-6-16(12-18(17)22)26-19(15-4-2-1-3-5-15)20(25)24-13-14-8-10-23-11-9-14;/h1-8,12,19,23H,9-11,13H2,(H,24,25);1H. The van der Waals surface area contributed by atoms with Crippen LogP contribution >= 0.6 is 24.2 Å². The van der Waals surface area contributed by atoms with Crippen LogP contribution in [0.2, 0.25) is 0 Å². The molecule has 1 aliphatic heterocycles. The lowest BCUT2D eigenvalue weighted by molar-refractivity contribution is -0.120. The summed E-state index contributed by atoms with van der Waals surface area (Å²) in [5.74, 6) is -1.96. The predicted octanol–water partition coefficient (Wildman–Crippen LogP) is 4.26. The molecule has 0 radical (unpaired) electrons. The molecule has 7 heteroatoms. The number of hydrogen-bond acceptors (Lipinski definition) is 3. The van der Waals surface area contributed by atoms with Crippen LogP contribution in [0.3, 0.4) is 0 Å². The van der Waals surface area contributed by atoms with Gasteiger partial charge in [-0.2, -0.15) is 0 Å². The van der Waals surface area contributed by atoms with E-state index in [1.165, 1.54) is 23.4 Å². The Morgan fingerprint density at radius 2 is 1.93 bits per heavy atom. The summed E-state index contributed by atoms with van der Waals surface area (Å²) in [4.78, 5) is 13.3. The van der Waals surface area contributed by atoms with Crippen molar-refractivity contribution in [1.29, 1.82) is 0 Å².